The first kappa shape index (κ1) is 40.0. The number of nitrogens with one attached hydrogen (secondary N) is 3. The smallest absolute Gasteiger partial charge is 0.438 e. The minimum absolute atomic E-state index is 0.0160. The molecule has 2 aliphatic heterocycles. The fraction of sp³-hybridized carbons (Fsp3) is 0.611. The molecule has 1 unspecified atom stereocenters. The van der Waals surface area contributed by atoms with E-state index >= 15 is 0 Å². The molecule has 1 saturated heterocycles. The normalized spacial score (nSPS) is 29.5. The number of carboxylic acid groups (broad SMARTS) is 1. The van der Waals surface area contributed by atoms with Crippen LogP contribution in [0, 0.1) is 17.8 Å². The molecule has 7 atom stereocenters. The maximum Gasteiger partial charge on any atom is 0.438 e. The minimum atomic E-state index is -5.01. The summed E-state index contributed by atoms with van der Waals surface area (Å²) in [6.45, 7) is 5.33. The van der Waals surface area contributed by atoms with E-state index in [4.69, 9.17) is 9.47 Å². The first-order valence-electron chi connectivity index (χ1n) is 18.5. The van der Waals surface area contributed by atoms with Crippen LogP contribution in [0.3, 0.4) is 0 Å². The van der Waals surface area contributed by atoms with Crippen molar-refractivity contribution in [2.24, 2.45) is 17.8 Å². The number of ether oxygens (including phenoxy) is 2. The highest BCUT2D eigenvalue weighted by molar-refractivity contribution is 7.91. The van der Waals surface area contributed by atoms with E-state index in [0.717, 1.165) is 4.90 Å². The molecule has 1 aromatic carbocycles. The van der Waals surface area contributed by atoms with Crippen molar-refractivity contribution in [1.29, 1.82) is 0 Å². The summed E-state index contributed by atoms with van der Waals surface area (Å²) < 4.78 is 82.2. The Kier molecular flexibility index (Phi) is 11.2. The molecule has 2 aliphatic carbocycles. The average Bonchev–Trinajstić information content (AvgIpc) is 4.04. The van der Waals surface area contributed by atoms with Gasteiger partial charge in [0.05, 0.1) is 29.4 Å². The number of aromatic nitrogens is 2. The molecule has 4 N–H and O–H groups in total. The van der Waals surface area contributed by atoms with Crippen LogP contribution in [-0.2, 0) is 30.6 Å². The molecule has 0 radical (unpaired) electrons. The Morgan fingerprint density at radius 2 is 1.85 bits per heavy atom. The summed E-state index contributed by atoms with van der Waals surface area (Å²) in [7, 11) is -4.01. The number of hydrogen-bond donors (Lipinski definition) is 4. The predicted octanol–water partition coefficient (Wildman–Crippen LogP) is 3.92. The fourth-order valence-electron chi connectivity index (χ4n) is 7.55. The van der Waals surface area contributed by atoms with Crippen LogP contribution in [0.1, 0.15) is 77.8 Å². The Morgan fingerprint density at radius 1 is 1.11 bits per heavy atom. The van der Waals surface area contributed by atoms with Crippen LogP contribution in [0.4, 0.5) is 18.0 Å². The van der Waals surface area contributed by atoms with Crippen LogP contribution in [0.25, 0.3) is 11.0 Å². The monoisotopic (exact) mass is 794 g/mol. The minimum Gasteiger partial charge on any atom is -0.494 e. The lowest BCUT2D eigenvalue weighted by molar-refractivity contribution is -0.143. The largest absolute Gasteiger partial charge is 0.494 e. The van der Waals surface area contributed by atoms with E-state index in [-0.39, 0.29) is 36.4 Å². The van der Waals surface area contributed by atoms with Gasteiger partial charge in [0.1, 0.15) is 29.5 Å². The molecule has 1 aromatic heterocycles. The van der Waals surface area contributed by atoms with E-state index in [9.17, 15) is 45.9 Å². The number of amides is 4. The number of sulfonamides is 1. The highest BCUT2D eigenvalue weighted by atomic mass is 32.2. The third-order valence-corrected chi connectivity index (χ3v) is 12.5. The lowest BCUT2D eigenvalue weighted by atomic mass is 9.85. The first-order valence-corrected chi connectivity index (χ1v) is 20.0. The quantitative estimate of drug-likeness (QED) is 0.268. The lowest BCUT2D eigenvalue weighted by Gasteiger charge is -2.33. The van der Waals surface area contributed by atoms with Gasteiger partial charge in [0, 0.05) is 18.4 Å². The molecule has 3 heterocycles. The zero-order valence-electron chi connectivity index (χ0n) is 30.6. The van der Waals surface area contributed by atoms with Crippen molar-refractivity contribution in [2.75, 3.05) is 13.2 Å². The predicted molar refractivity (Wildman–Crippen MR) is 190 cm³/mol. The second-order valence-electron chi connectivity index (χ2n) is 14.8. The van der Waals surface area contributed by atoms with Crippen LogP contribution in [0.15, 0.2) is 30.4 Å². The number of benzene rings is 1. The summed E-state index contributed by atoms with van der Waals surface area (Å²) in [4.78, 5) is 63.4. The van der Waals surface area contributed by atoms with Crippen molar-refractivity contribution in [3.8, 4) is 11.6 Å². The van der Waals surface area contributed by atoms with Crippen molar-refractivity contribution in [1.82, 2.24) is 30.2 Å². The van der Waals surface area contributed by atoms with Crippen LogP contribution in [0.2, 0.25) is 0 Å². The van der Waals surface area contributed by atoms with E-state index in [1.54, 1.807) is 19.9 Å². The molecule has 4 amide bonds. The Bertz CT molecular complexity index is 1980. The van der Waals surface area contributed by atoms with Gasteiger partial charge in [-0.25, -0.2) is 23.2 Å². The van der Waals surface area contributed by atoms with Gasteiger partial charge >= 0.3 is 12.3 Å². The fourth-order valence-corrected chi connectivity index (χ4v) is 8.91. The number of fused-ring (bicyclic) bond motifs is 3. The topological polar surface area (TPSA) is 206 Å². The van der Waals surface area contributed by atoms with Crippen LogP contribution in [-0.4, -0.2) is 94.3 Å². The standard InChI is InChI=1S/C36H45F3N6O9S/c1-4-20-14-19(3)8-6-7-9-21-17-35(21,33(48)44-55(51,52)24-11-12-24)43-30(46)27-16-23(18-45(27)32(47)28(20)42-34(49)50)54-31-29(36(37,38)39)40-25-13-10-22(53-5-2)15-26(25)41-31/h7,9-10,13,15,19-21,23-24,27-28,42H,4-6,8,11-12,14,16-18H2,1-3H3,(H,43,46)(H,44,48)(H,49,50)/b9-7-/t19-,20-,21?,23-,27+,28+,35-/m1/s1. The maximum absolute atomic E-state index is 14.5. The lowest BCUT2D eigenvalue weighted by Crippen LogP contribution is -2.59. The summed E-state index contributed by atoms with van der Waals surface area (Å²) in [5.41, 5.74) is -3.18. The molecule has 2 aromatic rings. The summed E-state index contributed by atoms with van der Waals surface area (Å²) in [5.74, 6) is -4.28. The van der Waals surface area contributed by atoms with Crippen LogP contribution in [0.5, 0.6) is 11.6 Å². The Labute approximate surface area is 315 Å². The van der Waals surface area contributed by atoms with Gasteiger partial charge in [0.15, 0.2) is 0 Å². The van der Waals surface area contributed by atoms with E-state index < -0.39 is 98.9 Å². The van der Waals surface area contributed by atoms with Gasteiger partial charge in [0.2, 0.25) is 33.4 Å². The number of hydrogen-bond acceptors (Lipinski definition) is 10. The Morgan fingerprint density at radius 3 is 2.51 bits per heavy atom. The van der Waals surface area contributed by atoms with E-state index in [2.05, 4.69) is 25.3 Å². The van der Waals surface area contributed by atoms with Crippen molar-refractivity contribution >= 4 is 44.9 Å². The zero-order chi connectivity index (χ0) is 39.9. The van der Waals surface area contributed by atoms with Gasteiger partial charge < -0.3 is 30.1 Å². The molecule has 4 aliphatic rings. The number of allylic oxidation sites excluding steroid dienone is 1. The summed E-state index contributed by atoms with van der Waals surface area (Å²) >= 11 is 0. The second kappa shape index (κ2) is 15.5. The van der Waals surface area contributed by atoms with Gasteiger partial charge in [-0.05, 0) is 69.4 Å². The van der Waals surface area contributed by atoms with Crippen LogP contribution >= 0.6 is 0 Å². The molecular weight excluding hydrogens is 749 g/mol. The molecule has 6 rings (SSSR count). The van der Waals surface area contributed by atoms with E-state index in [1.807, 2.05) is 13.0 Å². The first-order chi connectivity index (χ1) is 25.9. The van der Waals surface area contributed by atoms with E-state index in [0.29, 0.717) is 44.3 Å². The summed E-state index contributed by atoms with van der Waals surface area (Å²) in [5, 5.41) is 14.1. The maximum atomic E-state index is 14.5. The summed E-state index contributed by atoms with van der Waals surface area (Å²) in [6, 6.07) is 1.38. The molecule has 0 bridgehead atoms. The number of alkyl halides is 3. The molecule has 2 saturated carbocycles. The number of carbonyl (C=O) groups excluding carboxylic acids is 3. The molecular formula is C36H45F3N6O9S. The number of carbonyl (C=O) groups is 4. The van der Waals surface area contributed by atoms with Crippen molar-refractivity contribution in [2.45, 2.75) is 107 Å². The molecule has 19 heteroatoms. The van der Waals surface area contributed by atoms with Gasteiger partial charge in [-0.3, -0.25) is 19.1 Å². The van der Waals surface area contributed by atoms with Gasteiger partial charge in [-0.15, -0.1) is 0 Å². The molecule has 3 fully saturated rings. The highest BCUT2D eigenvalue weighted by Gasteiger charge is 2.62. The zero-order valence-corrected chi connectivity index (χ0v) is 31.4. The summed E-state index contributed by atoms with van der Waals surface area (Å²) in [6.07, 6.45) is -1.67. The van der Waals surface area contributed by atoms with Gasteiger partial charge in [-0.1, -0.05) is 32.4 Å². The molecule has 55 heavy (non-hydrogen) atoms. The second-order valence-corrected chi connectivity index (χ2v) is 16.8. The van der Waals surface area contributed by atoms with Crippen molar-refractivity contribution < 1.29 is 55.3 Å². The number of rotatable bonds is 9. The van der Waals surface area contributed by atoms with E-state index in [1.165, 1.54) is 18.2 Å². The average molecular weight is 795 g/mol. The number of nitrogens with zero attached hydrogens (tertiary/aromatic N) is 3. The third kappa shape index (κ3) is 8.75. The molecule has 0 spiro atoms. The Balaban J connectivity index is 1.38. The highest BCUT2D eigenvalue weighted by Crippen LogP contribution is 2.46. The van der Waals surface area contributed by atoms with Crippen LogP contribution < -0.4 is 24.8 Å². The van der Waals surface area contributed by atoms with Gasteiger partial charge in [0.25, 0.3) is 5.91 Å². The number of halogens is 3. The van der Waals surface area contributed by atoms with Crippen molar-refractivity contribution in [3.63, 3.8) is 0 Å². The SMILES string of the molecule is CCOc1ccc2nc(C(F)(F)F)c(O[C@@H]3C[C@H]4C(=O)N[C@]5(C(=O)NS(=O)(=O)C6CC6)CC5/C=C\CC[C@@H](C)C[C@@H](CC)[C@H](NC(=O)O)C(=O)N4C3)nc2c1. The molecule has 15 nitrogen and oxygen atoms in total. The van der Waals surface area contributed by atoms with Crippen molar-refractivity contribution in [3.05, 3.63) is 36.0 Å². The van der Waals surface area contributed by atoms with Gasteiger partial charge in [-0.2, -0.15) is 13.2 Å². The third-order valence-electron chi connectivity index (χ3n) is 10.7. The Hall–Kier alpha value is -4.68. The molecule has 300 valence electrons.